The highest BCUT2D eigenvalue weighted by molar-refractivity contribution is 5.66. The van der Waals surface area contributed by atoms with Gasteiger partial charge in [0.25, 0.3) is 0 Å². The van der Waals surface area contributed by atoms with E-state index in [1.165, 1.54) is 6.92 Å². The molecule has 22 heavy (non-hydrogen) atoms. The molecule has 3 rings (SSSR count). The Balaban J connectivity index is 2.02. The van der Waals surface area contributed by atoms with Gasteiger partial charge in [-0.15, -0.1) is 0 Å². The van der Waals surface area contributed by atoms with Gasteiger partial charge in [-0.25, -0.2) is 0 Å². The molecule has 7 atom stereocenters. The molecule has 3 saturated carbocycles. The summed E-state index contributed by atoms with van der Waals surface area (Å²) in [4.78, 5) is 11.3. The minimum absolute atomic E-state index is 0.0924. The van der Waals surface area contributed by atoms with Gasteiger partial charge in [-0.2, -0.15) is 0 Å². The Morgan fingerprint density at radius 3 is 2.59 bits per heavy atom. The average Bonchev–Trinajstić information content (AvgIpc) is 2.86. The van der Waals surface area contributed by atoms with E-state index in [9.17, 15) is 20.1 Å². The Kier molecular flexibility index (Phi) is 3.31. The highest BCUT2D eigenvalue weighted by Crippen LogP contribution is 2.71. The van der Waals surface area contributed by atoms with E-state index in [0.29, 0.717) is 24.8 Å². The Labute approximate surface area is 131 Å². The number of fused-ring (bicyclic) bond motifs is 3. The molecule has 0 radical (unpaired) electrons. The van der Waals surface area contributed by atoms with Gasteiger partial charge < -0.3 is 20.1 Å². The average molecular weight is 310 g/mol. The van der Waals surface area contributed by atoms with E-state index in [4.69, 9.17) is 4.74 Å². The van der Waals surface area contributed by atoms with E-state index in [2.05, 4.69) is 6.58 Å². The van der Waals surface area contributed by atoms with Crippen LogP contribution in [-0.2, 0) is 9.53 Å². The quantitative estimate of drug-likeness (QED) is 0.523. The van der Waals surface area contributed by atoms with Gasteiger partial charge in [0.1, 0.15) is 6.10 Å². The molecule has 0 amide bonds. The lowest BCUT2D eigenvalue weighted by Gasteiger charge is -2.43. The number of esters is 1. The molecule has 0 aliphatic heterocycles. The number of aliphatic hydroxyl groups excluding tert-OH is 2. The van der Waals surface area contributed by atoms with Crippen molar-refractivity contribution in [2.75, 3.05) is 6.61 Å². The van der Waals surface area contributed by atoms with E-state index in [-0.39, 0.29) is 24.4 Å². The monoisotopic (exact) mass is 310 g/mol. The van der Waals surface area contributed by atoms with Crippen molar-refractivity contribution in [3.63, 3.8) is 0 Å². The molecule has 3 aliphatic rings. The minimum atomic E-state index is -1.19. The van der Waals surface area contributed by atoms with Crippen LogP contribution in [0.5, 0.6) is 0 Å². The van der Waals surface area contributed by atoms with Gasteiger partial charge >= 0.3 is 5.97 Å². The van der Waals surface area contributed by atoms with Crippen molar-refractivity contribution in [1.82, 2.24) is 0 Å². The Bertz CT molecular complexity index is 531. The highest BCUT2D eigenvalue weighted by Gasteiger charge is 2.74. The summed E-state index contributed by atoms with van der Waals surface area (Å²) in [6.07, 6.45) is 0.629. The van der Waals surface area contributed by atoms with Gasteiger partial charge in [0.05, 0.1) is 11.7 Å². The van der Waals surface area contributed by atoms with E-state index in [1.54, 1.807) is 0 Å². The summed E-state index contributed by atoms with van der Waals surface area (Å²) < 4.78 is 5.31. The zero-order valence-corrected chi connectivity index (χ0v) is 13.5. The summed E-state index contributed by atoms with van der Waals surface area (Å²) in [6, 6.07) is 0. The van der Waals surface area contributed by atoms with Crippen molar-refractivity contribution in [2.24, 2.45) is 22.7 Å². The molecule has 0 heterocycles. The summed E-state index contributed by atoms with van der Waals surface area (Å²) >= 11 is 0. The Morgan fingerprint density at radius 2 is 2.05 bits per heavy atom. The third-order valence-corrected chi connectivity index (χ3v) is 6.60. The molecule has 0 unspecified atom stereocenters. The third kappa shape index (κ3) is 1.73. The summed E-state index contributed by atoms with van der Waals surface area (Å²) in [6.45, 7) is 9.20. The smallest absolute Gasteiger partial charge is 0.303 e. The maximum Gasteiger partial charge on any atom is 0.303 e. The lowest BCUT2D eigenvalue weighted by molar-refractivity contribution is -0.144. The summed E-state index contributed by atoms with van der Waals surface area (Å²) in [5.41, 5.74) is -1.67. The van der Waals surface area contributed by atoms with Crippen LogP contribution < -0.4 is 0 Å². The number of rotatable bonds is 2. The lowest BCUT2D eigenvalue weighted by atomic mass is 9.65. The standard InChI is InChI=1S/C17H26O5/c1-9-12(22-10(2)19)5-11-6-16(4)13(20)7-15(3,8-18)14(16)17(9,11)21/h11-14,18,20-21H,1,5-8H2,2-4H3/t11-,12+,13+,14+,15+,16-,17-/m1/s1. The van der Waals surface area contributed by atoms with Crippen LogP contribution in [0.15, 0.2) is 12.2 Å². The van der Waals surface area contributed by atoms with Crippen LogP contribution >= 0.6 is 0 Å². The normalized spacial score (nSPS) is 53.5. The first kappa shape index (κ1) is 16.0. The molecule has 5 nitrogen and oxygen atoms in total. The summed E-state index contributed by atoms with van der Waals surface area (Å²) in [5.74, 6) is -0.764. The number of carbonyl (C=O) groups excluding carboxylic acids is 1. The van der Waals surface area contributed by atoms with Crippen LogP contribution in [0, 0.1) is 22.7 Å². The van der Waals surface area contributed by atoms with Gasteiger partial charge in [0.15, 0.2) is 0 Å². The van der Waals surface area contributed by atoms with Gasteiger partial charge in [-0.1, -0.05) is 20.4 Å². The van der Waals surface area contributed by atoms with E-state index in [1.807, 2.05) is 13.8 Å². The molecule has 0 spiro atoms. The molecule has 0 aromatic rings. The van der Waals surface area contributed by atoms with Crippen molar-refractivity contribution in [3.05, 3.63) is 12.2 Å². The van der Waals surface area contributed by atoms with Gasteiger partial charge in [0.2, 0.25) is 0 Å². The lowest BCUT2D eigenvalue weighted by Crippen LogP contribution is -2.48. The molecule has 5 heteroatoms. The molecule has 124 valence electrons. The first-order chi connectivity index (χ1) is 10.1. The molecule has 3 fully saturated rings. The zero-order chi connectivity index (χ0) is 16.5. The van der Waals surface area contributed by atoms with Crippen molar-refractivity contribution in [3.8, 4) is 0 Å². The maximum absolute atomic E-state index is 11.5. The molecule has 3 N–H and O–H groups in total. The van der Waals surface area contributed by atoms with Crippen molar-refractivity contribution in [2.45, 2.75) is 57.8 Å². The number of ether oxygens (including phenoxy) is 1. The summed E-state index contributed by atoms with van der Waals surface area (Å²) in [5, 5.41) is 31.9. The molecule has 0 bridgehead atoms. The fourth-order valence-electron chi connectivity index (χ4n) is 5.84. The topological polar surface area (TPSA) is 87.0 Å². The Hall–Kier alpha value is -0.910. The maximum atomic E-state index is 11.5. The number of hydrogen-bond acceptors (Lipinski definition) is 5. The van der Waals surface area contributed by atoms with Crippen LogP contribution in [0.1, 0.15) is 40.0 Å². The second-order valence-corrected chi connectivity index (χ2v) is 8.06. The van der Waals surface area contributed by atoms with Crippen molar-refractivity contribution >= 4 is 5.97 Å². The van der Waals surface area contributed by atoms with E-state index < -0.39 is 28.6 Å². The van der Waals surface area contributed by atoms with Gasteiger partial charge in [-0.05, 0) is 36.2 Å². The minimum Gasteiger partial charge on any atom is -0.458 e. The van der Waals surface area contributed by atoms with Crippen molar-refractivity contribution in [1.29, 1.82) is 0 Å². The fraction of sp³-hybridized carbons (Fsp3) is 0.824. The second kappa shape index (κ2) is 4.56. The van der Waals surface area contributed by atoms with E-state index >= 15 is 0 Å². The number of aliphatic hydroxyl groups is 3. The molecule has 0 aromatic carbocycles. The highest BCUT2D eigenvalue weighted by atomic mass is 16.5. The number of carbonyl (C=O) groups is 1. The molecular weight excluding hydrogens is 284 g/mol. The molecule has 0 saturated heterocycles. The predicted octanol–water partition coefficient (Wildman–Crippen LogP) is 1.01. The first-order valence-electron chi connectivity index (χ1n) is 7.97. The molecular formula is C17H26O5. The first-order valence-corrected chi connectivity index (χ1v) is 7.97. The van der Waals surface area contributed by atoms with E-state index in [0.717, 1.165) is 0 Å². The van der Waals surface area contributed by atoms with Gasteiger partial charge in [0, 0.05) is 24.9 Å². The third-order valence-electron chi connectivity index (χ3n) is 6.60. The fourth-order valence-corrected chi connectivity index (χ4v) is 5.84. The van der Waals surface area contributed by atoms with Crippen molar-refractivity contribution < 1.29 is 24.9 Å². The second-order valence-electron chi connectivity index (χ2n) is 8.06. The van der Waals surface area contributed by atoms with Crippen LogP contribution in [-0.4, -0.2) is 45.7 Å². The predicted molar refractivity (Wildman–Crippen MR) is 79.8 cm³/mol. The largest absolute Gasteiger partial charge is 0.458 e. The molecule has 3 aliphatic carbocycles. The van der Waals surface area contributed by atoms with Crippen LogP contribution in [0.4, 0.5) is 0 Å². The zero-order valence-electron chi connectivity index (χ0n) is 13.5. The van der Waals surface area contributed by atoms with Crippen LogP contribution in [0.25, 0.3) is 0 Å². The van der Waals surface area contributed by atoms with Crippen LogP contribution in [0.2, 0.25) is 0 Å². The molecule has 0 aromatic heterocycles. The SMILES string of the molecule is C=C1[C@@H](OC(C)=O)C[C@@H]2C[C@]3(C)[C@@H](O)C[C@@](C)(CO)[C@@H]3[C@@]12O. The number of hydrogen-bond donors (Lipinski definition) is 3. The van der Waals surface area contributed by atoms with Crippen LogP contribution in [0.3, 0.4) is 0 Å². The summed E-state index contributed by atoms with van der Waals surface area (Å²) in [7, 11) is 0. The van der Waals surface area contributed by atoms with Gasteiger partial charge in [-0.3, -0.25) is 4.79 Å². The Morgan fingerprint density at radius 1 is 1.41 bits per heavy atom.